The Labute approximate surface area is 128 Å². The molecule has 0 saturated carbocycles. The first-order chi connectivity index (χ1) is 9.49. The molecule has 1 aromatic rings. The van der Waals surface area contributed by atoms with Gasteiger partial charge in [-0.2, -0.15) is 0 Å². The first-order valence-corrected chi connectivity index (χ1v) is 7.81. The Hall–Kier alpha value is -0.860. The highest BCUT2D eigenvalue weighted by Crippen LogP contribution is 2.09. The van der Waals surface area contributed by atoms with E-state index in [9.17, 15) is 4.79 Å². The summed E-state index contributed by atoms with van der Waals surface area (Å²) in [5, 5.41) is 3.98. The molecule has 0 bridgehead atoms. The van der Waals surface area contributed by atoms with Crippen molar-refractivity contribution < 1.29 is 4.79 Å². The predicted octanol–water partition coefficient (Wildman–Crippen LogP) is 4.50. The predicted molar refractivity (Wildman–Crippen MR) is 88.5 cm³/mol. The van der Waals surface area contributed by atoms with Gasteiger partial charge in [-0.25, -0.2) is 0 Å². The Balaban J connectivity index is 0.000000336. The lowest BCUT2D eigenvalue weighted by Gasteiger charge is -1.95. The molecule has 20 heavy (non-hydrogen) atoms. The number of ketones is 1. The molecule has 0 amide bonds. The van der Waals surface area contributed by atoms with Gasteiger partial charge >= 0.3 is 0 Å². The summed E-state index contributed by atoms with van der Waals surface area (Å²) in [7, 11) is 0. The van der Waals surface area contributed by atoms with Crippen molar-refractivity contribution in [3.63, 3.8) is 0 Å². The number of hydrogen-bond acceptors (Lipinski definition) is 2. The highest BCUT2D eigenvalue weighted by Gasteiger charge is 2.06. The average Bonchev–Trinajstić information content (AvgIpc) is 2.85. The fourth-order valence-electron chi connectivity index (χ4n) is 1.69. The molecular weight excluding hydrogens is 270 g/mol. The van der Waals surface area contributed by atoms with Gasteiger partial charge < -0.3 is 5.32 Å². The van der Waals surface area contributed by atoms with E-state index in [-0.39, 0.29) is 5.78 Å². The van der Waals surface area contributed by atoms with E-state index in [2.05, 4.69) is 26.1 Å². The maximum absolute atomic E-state index is 10.7. The highest BCUT2D eigenvalue weighted by atomic mass is 35.5. The molecule has 1 aromatic carbocycles. The molecule has 1 aliphatic heterocycles. The van der Waals surface area contributed by atoms with Gasteiger partial charge in [0.2, 0.25) is 0 Å². The minimum absolute atomic E-state index is 0.173. The van der Waals surface area contributed by atoms with E-state index in [1.165, 1.54) is 25.9 Å². The summed E-state index contributed by atoms with van der Waals surface area (Å²) in [6.45, 7) is 10.6. The Morgan fingerprint density at radius 2 is 1.85 bits per heavy atom. The summed E-state index contributed by atoms with van der Waals surface area (Å²) in [6, 6.07) is 7.31. The van der Waals surface area contributed by atoms with Gasteiger partial charge in [-0.3, -0.25) is 4.79 Å². The smallest absolute Gasteiger partial charge is 0.134 e. The third kappa shape index (κ3) is 11.0. The molecule has 0 aliphatic carbocycles. The van der Waals surface area contributed by atoms with Crippen molar-refractivity contribution in [3.05, 3.63) is 34.9 Å². The monoisotopic (exact) mass is 297 g/mol. The van der Waals surface area contributed by atoms with Crippen LogP contribution >= 0.6 is 11.6 Å². The molecule has 114 valence electrons. The normalized spacial score (nSPS) is 16.6. The molecule has 3 heteroatoms. The standard InChI is InChI=1S/C9H9ClO.C5H11N.C3H8/c1-7(11)6-8-2-4-9(10)5-3-8;1-5-2-3-6-4-5;1-3-2/h2-5H,6H2,1H3;5-6H,2-4H2,1H3;3H2,1-2H3. The van der Waals surface area contributed by atoms with Gasteiger partial charge in [0.25, 0.3) is 0 Å². The van der Waals surface area contributed by atoms with Crippen LogP contribution in [0.4, 0.5) is 0 Å². The summed E-state index contributed by atoms with van der Waals surface area (Å²) in [5.74, 6) is 1.11. The third-order valence-corrected chi connectivity index (χ3v) is 2.93. The SMILES string of the molecule is CC(=O)Cc1ccc(Cl)cc1.CC1CCNC1.CCC. The van der Waals surface area contributed by atoms with E-state index in [1.54, 1.807) is 19.1 Å². The van der Waals surface area contributed by atoms with Gasteiger partial charge in [0.15, 0.2) is 0 Å². The molecule has 2 nitrogen and oxygen atoms in total. The Kier molecular flexibility index (Phi) is 11.4. The first kappa shape index (κ1) is 19.1. The van der Waals surface area contributed by atoms with Gasteiger partial charge in [-0.05, 0) is 50.0 Å². The molecule has 1 saturated heterocycles. The van der Waals surface area contributed by atoms with E-state index in [1.807, 2.05) is 12.1 Å². The van der Waals surface area contributed by atoms with Crippen molar-refractivity contribution in [2.75, 3.05) is 13.1 Å². The van der Waals surface area contributed by atoms with Crippen LogP contribution in [0.2, 0.25) is 5.02 Å². The van der Waals surface area contributed by atoms with E-state index in [4.69, 9.17) is 11.6 Å². The molecule has 1 N–H and O–H groups in total. The molecule has 1 aliphatic rings. The van der Waals surface area contributed by atoms with Crippen molar-refractivity contribution >= 4 is 17.4 Å². The third-order valence-electron chi connectivity index (χ3n) is 2.67. The molecule has 2 rings (SSSR count). The number of rotatable bonds is 2. The van der Waals surface area contributed by atoms with E-state index < -0.39 is 0 Å². The van der Waals surface area contributed by atoms with Crippen LogP contribution in [0.25, 0.3) is 0 Å². The minimum atomic E-state index is 0.173. The largest absolute Gasteiger partial charge is 0.316 e. The molecule has 0 aromatic heterocycles. The summed E-state index contributed by atoms with van der Waals surface area (Å²) < 4.78 is 0. The first-order valence-electron chi connectivity index (χ1n) is 7.44. The van der Waals surface area contributed by atoms with Crippen LogP contribution in [0.1, 0.15) is 46.1 Å². The van der Waals surface area contributed by atoms with Crippen molar-refractivity contribution in [1.82, 2.24) is 5.32 Å². The quantitative estimate of drug-likeness (QED) is 0.870. The Morgan fingerprint density at radius 3 is 2.15 bits per heavy atom. The summed E-state index contributed by atoms with van der Waals surface area (Å²) in [5.41, 5.74) is 1.02. The molecule has 1 heterocycles. The average molecular weight is 298 g/mol. The summed E-state index contributed by atoms with van der Waals surface area (Å²) in [4.78, 5) is 10.7. The molecule has 1 atom stereocenters. The van der Waals surface area contributed by atoms with Crippen LogP contribution < -0.4 is 5.32 Å². The fraction of sp³-hybridized carbons (Fsp3) is 0.588. The lowest BCUT2D eigenvalue weighted by molar-refractivity contribution is -0.116. The van der Waals surface area contributed by atoms with Gasteiger partial charge in [0, 0.05) is 11.4 Å². The van der Waals surface area contributed by atoms with Crippen LogP contribution in [0, 0.1) is 5.92 Å². The number of carbonyl (C=O) groups excluding carboxylic acids is 1. The number of Topliss-reactive ketones (excluding diaryl/α,β-unsaturated/α-hetero) is 1. The summed E-state index contributed by atoms with van der Waals surface area (Å²) >= 11 is 5.66. The number of benzene rings is 1. The minimum Gasteiger partial charge on any atom is -0.316 e. The van der Waals surface area contributed by atoms with Crippen LogP contribution in [0.15, 0.2) is 24.3 Å². The van der Waals surface area contributed by atoms with Crippen LogP contribution in [0.3, 0.4) is 0 Å². The van der Waals surface area contributed by atoms with Crippen LogP contribution in [-0.4, -0.2) is 18.9 Å². The Bertz CT molecular complexity index is 356. The molecule has 0 radical (unpaired) electrons. The van der Waals surface area contributed by atoms with Crippen LogP contribution in [-0.2, 0) is 11.2 Å². The molecule has 0 spiro atoms. The maximum atomic E-state index is 10.7. The van der Waals surface area contributed by atoms with E-state index in [0.29, 0.717) is 11.4 Å². The van der Waals surface area contributed by atoms with Crippen molar-refractivity contribution in [2.24, 2.45) is 5.92 Å². The van der Waals surface area contributed by atoms with Gasteiger partial charge in [0.1, 0.15) is 5.78 Å². The number of halogens is 1. The second-order valence-corrected chi connectivity index (χ2v) is 5.75. The lowest BCUT2D eigenvalue weighted by Crippen LogP contribution is -2.06. The van der Waals surface area contributed by atoms with Gasteiger partial charge in [-0.1, -0.05) is 50.9 Å². The number of nitrogens with one attached hydrogen (secondary N) is 1. The maximum Gasteiger partial charge on any atom is 0.134 e. The van der Waals surface area contributed by atoms with Gasteiger partial charge in [-0.15, -0.1) is 0 Å². The zero-order valence-corrected chi connectivity index (χ0v) is 14.0. The zero-order chi connectivity index (χ0) is 15.4. The number of carbonyl (C=O) groups is 1. The van der Waals surface area contributed by atoms with E-state index >= 15 is 0 Å². The van der Waals surface area contributed by atoms with Crippen LogP contribution in [0.5, 0.6) is 0 Å². The van der Waals surface area contributed by atoms with Crippen molar-refractivity contribution in [2.45, 2.75) is 47.0 Å². The molecule has 1 fully saturated rings. The number of hydrogen-bond donors (Lipinski definition) is 1. The Morgan fingerprint density at radius 1 is 1.30 bits per heavy atom. The second kappa shape index (κ2) is 11.9. The zero-order valence-electron chi connectivity index (χ0n) is 13.2. The van der Waals surface area contributed by atoms with Gasteiger partial charge in [0.05, 0.1) is 0 Å². The molecule has 1 unspecified atom stereocenters. The second-order valence-electron chi connectivity index (χ2n) is 5.31. The van der Waals surface area contributed by atoms with E-state index in [0.717, 1.165) is 11.5 Å². The van der Waals surface area contributed by atoms with Crippen molar-refractivity contribution in [1.29, 1.82) is 0 Å². The summed E-state index contributed by atoms with van der Waals surface area (Å²) in [6.07, 6.45) is 3.12. The lowest BCUT2D eigenvalue weighted by atomic mass is 10.1. The fourth-order valence-corrected chi connectivity index (χ4v) is 1.81. The molecular formula is C17H28ClNO. The van der Waals surface area contributed by atoms with Crippen molar-refractivity contribution in [3.8, 4) is 0 Å². The highest BCUT2D eigenvalue weighted by molar-refractivity contribution is 6.30. The topological polar surface area (TPSA) is 29.1 Å².